The summed E-state index contributed by atoms with van der Waals surface area (Å²) in [6.07, 6.45) is -0.793. The molecule has 0 aliphatic carbocycles. The molecule has 0 bridgehead atoms. The number of rotatable bonds is 7. The molecule has 0 aliphatic rings. The number of nitrogens with one attached hydrogen (secondary N) is 1. The lowest BCUT2D eigenvalue weighted by molar-refractivity contribution is -0.155. The monoisotopic (exact) mass is 351 g/mol. The Morgan fingerprint density at radius 3 is 2.24 bits per heavy atom. The Balaban J connectivity index is 2.55. The minimum absolute atomic E-state index is 0.315. The third kappa shape index (κ3) is 7.92. The quantitative estimate of drug-likeness (QED) is 0.759. The van der Waals surface area contributed by atoms with Crippen molar-refractivity contribution < 1.29 is 23.8 Å². The van der Waals surface area contributed by atoms with Crippen LogP contribution in [0, 0.1) is 0 Å². The maximum Gasteiger partial charge on any atom is 0.408 e. The van der Waals surface area contributed by atoms with Gasteiger partial charge < -0.3 is 19.5 Å². The smallest absolute Gasteiger partial charge is 0.408 e. The summed E-state index contributed by atoms with van der Waals surface area (Å²) in [5, 5.41) is 2.48. The van der Waals surface area contributed by atoms with Gasteiger partial charge in [0.15, 0.2) is 0 Å². The van der Waals surface area contributed by atoms with Crippen LogP contribution < -0.4 is 10.1 Å². The third-order valence-corrected chi connectivity index (χ3v) is 3.35. The van der Waals surface area contributed by atoms with Crippen molar-refractivity contribution in [2.75, 3.05) is 0 Å². The first kappa shape index (κ1) is 20.8. The lowest BCUT2D eigenvalue weighted by Crippen LogP contribution is -2.44. The SMILES string of the molecule is CC[C@H](OC(=O)[C@H](C)NC(=O)OC(C)(C)C)[C@H](C)Oc1ccccc1. The van der Waals surface area contributed by atoms with E-state index in [0.29, 0.717) is 12.2 Å². The van der Waals surface area contributed by atoms with E-state index in [1.54, 1.807) is 27.7 Å². The number of carbonyl (C=O) groups excluding carboxylic acids is 2. The summed E-state index contributed by atoms with van der Waals surface area (Å²) in [4.78, 5) is 24.0. The number of carbonyl (C=O) groups is 2. The molecule has 0 spiro atoms. The minimum atomic E-state index is -0.812. The summed E-state index contributed by atoms with van der Waals surface area (Å²) in [5.41, 5.74) is -0.627. The van der Waals surface area contributed by atoms with Crippen LogP contribution in [0.3, 0.4) is 0 Å². The Morgan fingerprint density at radius 1 is 1.12 bits per heavy atom. The molecule has 25 heavy (non-hydrogen) atoms. The van der Waals surface area contributed by atoms with E-state index in [2.05, 4.69) is 5.32 Å². The summed E-state index contributed by atoms with van der Waals surface area (Å²) >= 11 is 0. The van der Waals surface area contributed by atoms with Gasteiger partial charge in [0.2, 0.25) is 0 Å². The first-order valence-electron chi connectivity index (χ1n) is 8.54. The van der Waals surface area contributed by atoms with Gasteiger partial charge in [0, 0.05) is 0 Å². The Morgan fingerprint density at radius 2 is 1.72 bits per heavy atom. The molecular weight excluding hydrogens is 322 g/mol. The molecule has 0 fully saturated rings. The summed E-state index contributed by atoms with van der Waals surface area (Å²) < 4.78 is 16.4. The van der Waals surface area contributed by atoms with Gasteiger partial charge in [-0.05, 0) is 53.2 Å². The molecule has 0 aliphatic heterocycles. The lowest BCUT2D eigenvalue weighted by Gasteiger charge is -2.26. The van der Waals surface area contributed by atoms with E-state index in [1.165, 1.54) is 0 Å². The Labute approximate surface area is 149 Å². The lowest BCUT2D eigenvalue weighted by atomic mass is 10.1. The zero-order valence-electron chi connectivity index (χ0n) is 15.9. The minimum Gasteiger partial charge on any atom is -0.487 e. The fraction of sp³-hybridized carbons (Fsp3) is 0.579. The molecule has 140 valence electrons. The fourth-order valence-electron chi connectivity index (χ4n) is 2.10. The van der Waals surface area contributed by atoms with Crippen molar-refractivity contribution in [3.63, 3.8) is 0 Å². The number of esters is 1. The number of benzene rings is 1. The van der Waals surface area contributed by atoms with Gasteiger partial charge in [-0.15, -0.1) is 0 Å². The highest BCUT2D eigenvalue weighted by molar-refractivity contribution is 5.81. The highest BCUT2D eigenvalue weighted by Gasteiger charge is 2.26. The summed E-state index contributed by atoms with van der Waals surface area (Å²) in [6, 6.07) is 8.53. The van der Waals surface area contributed by atoms with Gasteiger partial charge in [-0.2, -0.15) is 0 Å². The van der Waals surface area contributed by atoms with Crippen molar-refractivity contribution in [2.45, 2.75) is 71.8 Å². The Hall–Kier alpha value is -2.24. The van der Waals surface area contributed by atoms with Crippen molar-refractivity contribution in [3.05, 3.63) is 30.3 Å². The standard InChI is InChI=1S/C19H29NO5/c1-7-16(14(3)23-15-11-9-8-10-12-15)24-17(21)13(2)20-18(22)25-19(4,5)6/h8-14,16H,7H2,1-6H3,(H,20,22)/t13-,14-,16-/m0/s1. The second kappa shape index (κ2) is 9.30. The highest BCUT2D eigenvalue weighted by atomic mass is 16.6. The predicted molar refractivity (Wildman–Crippen MR) is 95.5 cm³/mol. The number of para-hydroxylation sites is 1. The van der Waals surface area contributed by atoms with E-state index >= 15 is 0 Å². The van der Waals surface area contributed by atoms with E-state index in [4.69, 9.17) is 14.2 Å². The fourth-order valence-corrected chi connectivity index (χ4v) is 2.10. The van der Waals surface area contributed by atoms with Crippen molar-refractivity contribution in [1.29, 1.82) is 0 Å². The van der Waals surface area contributed by atoms with Crippen LogP contribution in [0.1, 0.15) is 48.0 Å². The summed E-state index contributed by atoms with van der Waals surface area (Å²) in [5.74, 6) is 0.186. The summed E-state index contributed by atoms with van der Waals surface area (Å²) in [7, 11) is 0. The van der Waals surface area contributed by atoms with Crippen molar-refractivity contribution >= 4 is 12.1 Å². The predicted octanol–water partition coefficient (Wildman–Crippen LogP) is 3.69. The number of ether oxygens (including phenoxy) is 3. The molecule has 0 saturated heterocycles. The first-order chi connectivity index (χ1) is 11.6. The van der Waals surface area contributed by atoms with E-state index < -0.39 is 29.8 Å². The molecule has 0 saturated carbocycles. The van der Waals surface area contributed by atoms with Crippen molar-refractivity contribution in [3.8, 4) is 5.75 Å². The van der Waals surface area contributed by atoms with Gasteiger partial charge in [-0.25, -0.2) is 9.59 Å². The molecule has 1 rings (SSSR count). The molecule has 3 atom stereocenters. The van der Waals surface area contributed by atoms with Crippen LogP contribution in [-0.2, 0) is 14.3 Å². The topological polar surface area (TPSA) is 73.9 Å². The summed E-state index contributed by atoms with van der Waals surface area (Å²) in [6.45, 7) is 10.6. The molecular formula is C19H29NO5. The second-order valence-corrected chi connectivity index (χ2v) is 6.89. The van der Waals surface area contributed by atoms with Gasteiger partial charge in [-0.3, -0.25) is 0 Å². The van der Waals surface area contributed by atoms with Crippen LogP contribution in [0.15, 0.2) is 30.3 Å². The number of hydrogen-bond acceptors (Lipinski definition) is 5. The highest BCUT2D eigenvalue weighted by Crippen LogP contribution is 2.16. The van der Waals surface area contributed by atoms with Gasteiger partial charge >= 0.3 is 12.1 Å². The van der Waals surface area contributed by atoms with Crippen LogP contribution in [-0.4, -0.2) is 35.9 Å². The Kier molecular flexibility index (Phi) is 7.74. The van der Waals surface area contributed by atoms with Crippen molar-refractivity contribution in [2.24, 2.45) is 0 Å². The number of alkyl carbamates (subject to hydrolysis) is 1. The molecule has 1 amide bonds. The molecule has 1 aromatic rings. The van der Waals surface area contributed by atoms with E-state index in [1.807, 2.05) is 44.2 Å². The molecule has 1 aromatic carbocycles. The van der Waals surface area contributed by atoms with E-state index in [-0.39, 0.29) is 6.10 Å². The van der Waals surface area contributed by atoms with Crippen LogP contribution in [0.2, 0.25) is 0 Å². The zero-order chi connectivity index (χ0) is 19.0. The maximum atomic E-state index is 12.2. The van der Waals surface area contributed by atoms with Gasteiger partial charge in [0.1, 0.15) is 29.6 Å². The van der Waals surface area contributed by atoms with E-state index in [9.17, 15) is 9.59 Å². The second-order valence-electron chi connectivity index (χ2n) is 6.89. The molecule has 0 radical (unpaired) electrons. The molecule has 1 N–H and O–H groups in total. The van der Waals surface area contributed by atoms with Gasteiger partial charge in [-0.1, -0.05) is 25.1 Å². The van der Waals surface area contributed by atoms with E-state index in [0.717, 1.165) is 0 Å². The normalized spacial score (nSPS) is 14.8. The Bertz CT molecular complexity index is 553. The maximum absolute atomic E-state index is 12.2. The largest absolute Gasteiger partial charge is 0.487 e. The van der Waals surface area contributed by atoms with Crippen LogP contribution in [0.25, 0.3) is 0 Å². The van der Waals surface area contributed by atoms with Crippen LogP contribution in [0.5, 0.6) is 5.75 Å². The molecule has 0 heterocycles. The molecule has 0 unspecified atom stereocenters. The average molecular weight is 351 g/mol. The van der Waals surface area contributed by atoms with Crippen LogP contribution in [0.4, 0.5) is 4.79 Å². The third-order valence-electron chi connectivity index (χ3n) is 3.35. The van der Waals surface area contributed by atoms with Crippen LogP contribution >= 0.6 is 0 Å². The molecule has 6 nitrogen and oxygen atoms in total. The number of amides is 1. The van der Waals surface area contributed by atoms with Gasteiger partial charge in [0.05, 0.1) is 0 Å². The van der Waals surface area contributed by atoms with Gasteiger partial charge in [0.25, 0.3) is 0 Å². The first-order valence-corrected chi connectivity index (χ1v) is 8.54. The number of hydrogen-bond donors (Lipinski definition) is 1. The van der Waals surface area contributed by atoms with Crippen molar-refractivity contribution in [1.82, 2.24) is 5.32 Å². The molecule has 0 aromatic heterocycles. The average Bonchev–Trinajstić information content (AvgIpc) is 2.51. The molecule has 6 heteroatoms. The zero-order valence-corrected chi connectivity index (χ0v) is 15.9.